The van der Waals surface area contributed by atoms with Gasteiger partial charge in [-0.3, -0.25) is 9.48 Å². The molecule has 130 valence electrons. The van der Waals surface area contributed by atoms with Crippen LogP contribution in [0.3, 0.4) is 0 Å². The summed E-state index contributed by atoms with van der Waals surface area (Å²) in [6.07, 6.45) is 4.11. The molecular weight excluding hydrogens is 312 g/mol. The molecule has 1 saturated heterocycles. The summed E-state index contributed by atoms with van der Waals surface area (Å²) >= 11 is 0. The third-order valence-electron chi connectivity index (χ3n) is 5.28. The first-order valence-corrected chi connectivity index (χ1v) is 8.90. The highest BCUT2D eigenvalue weighted by Gasteiger charge is 2.31. The molecule has 1 aromatic carbocycles. The smallest absolute Gasteiger partial charge is 0.254 e. The number of aryl methyl sites for hydroxylation is 3. The molecule has 1 aliphatic heterocycles. The third kappa shape index (κ3) is 2.73. The van der Waals surface area contributed by atoms with E-state index >= 15 is 0 Å². The van der Waals surface area contributed by atoms with E-state index in [1.165, 1.54) is 0 Å². The van der Waals surface area contributed by atoms with Gasteiger partial charge < -0.3 is 9.47 Å². The number of carbonyl (C=O) groups excluding carboxylic acids is 1. The van der Waals surface area contributed by atoms with Gasteiger partial charge in [0.25, 0.3) is 5.91 Å². The van der Waals surface area contributed by atoms with Gasteiger partial charge in [0.1, 0.15) is 0 Å². The van der Waals surface area contributed by atoms with E-state index in [0.717, 1.165) is 53.8 Å². The molecule has 3 heterocycles. The Bertz CT molecular complexity index is 936. The van der Waals surface area contributed by atoms with E-state index in [1.807, 2.05) is 47.9 Å². The number of benzene rings is 1. The normalized spacial score (nSPS) is 17.6. The van der Waals surface area contributed by atoms with Crippen molar-refractivity contribution in [3.05, 3.63) is 53.5 Å². The Morgan fingerprint density at radius 1 is 1.28 bits per heavy atom. The van der Waals surface area contributed by atoms with Crippen LogP contribution in [0.1, 0.15) is 34.6 Å². The minimum absolute atomic E-state index is 0.140. The van der Waals surface area contributed by atoms with Crippen LogP contribution in [0, 0.1) is 13.8 Å². The SMILES string of the molecule is Cc1cc(C)n(C[C@@H]2CCCN2C(=O)c2cccc3c2ccn3C)n1. The summed E-state index contributed by atoms with van der Waals surface area (Å²) in [5.41, 5.74) is 4.09. The predicted octanol–water partition coefficient (Wildman–Crippen LogP) is 3.30. The van der Waals surface area contributed by atoms with Gasteiger partial charge in [0.05, 0.1) is 18.3 Å². The van der Waals surface area contributed by atoms with Crippen LogP contribution in [0.15, 0.2) is 36.5 Å². The first-order chi connectivity index (χ1) is 12.0. The molecule has 25 heavy (non-hydrogen) atoms. The molecule has 2 aromatic heterocycles. The fourth-order valence-corrected chi connectivity index (χ4v) is 4.00. The molecule has 3 aromatic rings. The maximum absolute atomic E-state index is 13.2. The second-order valence-electron chi connectivity index (χ2n) is 7.07. The average molecular weight is 336 g/mol. The predicted molar refractivity (Wildman–Crippen MR) is 98.7 cm³/mol. The molecule has 5 heteroatoms. The summed E-state index contributed by atoms with van der Waals surface area (Å²) in [5.74, 6) is 0.140. The van der Waals surface area contributed by atoms with Crippen LogP contribution < -0.4 is 0 Å². The number of hydrogen-bond acceptors (Lipinski definition) is 2. The molecule has 1 fully saturated rings. The molecule has 0 saturated carbocycles. The second-order valence-corrected chi connectivity index (χ2v) is 7.07. The van der Waals surface area contributed by atoms with Crippen molar-refractivity contribution in [2.24, 2.45) is 7.05 Å². The summed E-state index contributed by atoms with van der Waals surface area (Å²) in [4.78, 5) is 15.3. The monoisotopic (exact) mass is 336 g/mol. The summed E-state index contributed by atoms with van der Waals surface area (Å²) in [6.45, 7) is 5.69. The zero-order chi connectivity index (χ0) is 17.6. The molecule has 4 rings (SSSR count). The zero-order valence-electron chi connectivity index (χ0n) is 15.1. The Kier molecular flexibility index (Phi) is 3.86. The standard InChI is InChI=1S/C20H24N4O/c1-14-12-15(2)24(21-14)13-16-6-5-10-23(16)20(25)18-7-4-8-19-17(18)9-11-22(19)3/h4,7-9,11-12,16H,5-6,10,13H2,1-3H3/t16-/m0/s1. The average Bonchev–Trinajstić information content (AvgIpc) is 3.28. The van der Waals surface area contributed by atoms with E-state index in [-0.39, 0.29) is 11.9 Å². The van der Waals surface area contributed by atoms with Crippen molar-refractivity contribution in [1.82, 2.24) is 19.2 Å². The molecule has 0 unspecified atom stereocenters. The lowest BCUT2D eigenvalue weighted by atomic mass is 10.1. The Morgan fingerprint density at radius 2 is 2.12 bits per heavy atom. The fourth-order valence-electron chi connectivity index (χ4n) is 4.00. The minimum atomic E-state index is 0.140. The Balaban J connectivity index is 1.63. The van der Waals surface area contributed by atoms with Crippen LogP contribution in [0.25, 0.3) is 10.9 Å². The summed E-state index contributed by atoms with van der Waals surface area (Å²) in [7, 11) is 2.01. The van der Waals surface area contributed by atoms with E-state index in [4.69, 9.17) is 0 Å². The van der Waals surface area contributed by atoms with Gasteiger partial charge in [0.15, 0.2) is 0 Å². The maximum Gasteiger partial charge on any atom is 0.254 e. The number of amides is 1. The zero-order valence-corrected chi connectivity index (χ0v) is 15.1. The van der Waals surface area contributed by atoms with Crippen LogP contribution in [0.5, 0.6) is 0 Å². The number of hydrogen-bond donors (Lipinski definition) is 0. The molecule has 1 atom stereocenters. The van der Waals surface area contributed by atoms with Gasteiger partial charge in [-0.2, -0.15) is 5.10 Å². The van der Waals surface area contributed by atoms with Crippen molar-refractivity contribution in [2.45, 2.75) is 39.3 Å². The van der Waals surface area contributed by atoms with E-state index in [0.29, 0.717) is 0 Å². The van der Waals surface area contributed by atoms with E-state index in [9.17, 15) is 4.79 Å². The molecule has 1 aliphatic rings. The molecule has 0 bridgehead atoms. The van der Waals surface area contributed by atoms with Crippen molar-refractivity contribution in [1.29, 1.82) is 0 Å². The highest BCUT2D eigenvalue weighted by atomic mass is 16.2. The number of nitrogens with zero attached hydrogens (tertiary/aromatic N) is 4. The minimum Gasteiger partial charge on any atom is -0.351 e. The first-order valence-electron chi connectivity index (χ1n) is 8.90. The topological polar surface area (TPSA) is 43.1 Å². The van der Waals surface area contributed by atoms with Crippen LogP contribution >= 0.6 is 0 Å². The number of likely N-dealkylation sites (tertiary alicyclic amines) is 1. The Labute approximate surface area is 147 Å². The van der Waals surface area contributed by atoms with Crippen LogP contribution in [-0.2, 0) is 13.6 Å². The lowest BCUT2D eigenvalue weighted by Crippen LogP contribution is -2.38. The van der Waals surface area contributed by atoms with E-state index in [1.54, 1.807) is 0 Å². The van der Waals surface area contributed by atoms with Gasteiger partial charge in [0, 0.05) is 41.9 Å². The summed E-state index contributed by atoms with van der Waals surface area (Å²) < 4.78 is 4.10. The van der Waals surface area contributed by atoms with Crippen molar-refractivity contribution in [2.75, 3.05) is 6.54 Å². The number of aromatic nitrogens is 3. The van der Waals surface area contributed by atoms with Gasteiger partial charge in [0.2, 0.25) is 0 Å². The largest absolute Gasteiger partial charge is 0.351 e. The molecule has 1 amide bonds. The third-order valence-corrected chi connectivity index (χ3v) is 5.28. The summed E-state index contributed by atoms with van der Waals surface area (Å²) in [6, 6.07) is 10.3. The van der Waals surface area contributed by atoms with Gasteiger partial charge in [-0.1, -0.05) is 6.07 Å². The number of fused-ring (bicyclic) bond motifs is 1. The van der Waals surface area contributed by atoms with E-state index in [2.05, 4.69) is 28.7 Å². The lowest BCUT2D eigenvalue weighted by molar-refractivity contribution is 0.0723. The quantitative estimate of drug-likeness (QED) is 0.736. The summed E-state index contributed by atoms with van der Waals surface area (Å²) in [5, 5.41) is 5.60. The molecule has 0 spiro atoms. The second kappa shape index (κ2) is 6.06. The van der Waals surface area contributed by atoms with Gasteiger partial charge in [-0.15, -0.1) is 0 Å². The molecular formula is C20H24N4O. The van der Waals surface area contributed by atoms with Gasteiger partial charge >= 0.3 is 0 Å². The lowest BCUT2D eigenvalue weighted by Gasteiger charge is -2.25. The maximum atomic E-state index is 13.2. The van der Waals surface area contributed by atoms with Crippen LogP contribution in [0.4, 0.5) is 0 Å². The molecule has 5 nitrogen and oxygen atoms in total. The number of carbonyl (C=O) groups is 1. The molecule has 0 aliphatic carbocycles. The van der Waals surface area contributed by atoms with Crippen LogP contribution in [0.2, 0.25) is 0 Å². The van der Waals surface area contributed by atoms with Crippen LogP contribution in [-0.4, -0.2) is 37.7 Å². The van der Waals surface area contributed by atoms with Crippen molar-refractivity contribution in [3.63, 3.8) is 0 Å². The van der Waals surface area contributed by atoms with E-state index < -0.39 is 0 Å². The fraction of sp³-hybridized carbons (Fsp3) is 0.400. The first kappa shape index (κ1) is 15.9. The van der Waals surface area contributed by atoms with Crippen molar-refractivity contribution >= 4 is 16.8 Å². The van der Waals surface area contributed by atoms with Crippen molar-refractivity contribution in [3.8, 4) is 0 Å². The highest BCUT2D eigenvalue weighted by molar-refractivity contribution is 6.06. The molecule has 0 radical (unpaired) electrons. The Hall–Kier alpha value is -2.56. The van der Waals surface area contributed by atoms with Gasteiger partial charge in [-0.25, -0.2) is 0 Å². The number of rotatable bonds is 3. The van der Waals surface area contributed by atoms with Gasteiger partial charge in [-0.05, 0) is 51.0 Å². The Morgan fingerprint density at radius 3 is 2.88 bits per heavy atom. The molecule has 0 N–H and O–H groups in total. The highest BCUT2D eigenvalue weighted by Crippen LogP contribution is 2.26. The van der Waals surface area contributed by atoms with Crippen molar-refractivity contribution < 1.29 is 4.79 Å².